The molecule has 1 N–H and O–H groups in total. The van der Waals surface area contributed by atoms with E-state index < -0.39 is 10.0 Å². The fraction of sp³-hybridized carbons (Fsp3) is 0.647. The largest absolute Gasteiger partial charge is 0.284 e. The molecule has 1 aromatic rings. The van der Waals surface area contributed by atoms with E-state index in [0.717, 1.165) is 17.9 Å². The molecule has 3 atom stereocenters. The van der Waals surface area contributed by atoms with E-state index in [-0.39, 0.29) is 5.75 Å². The summed E-state index contributed by atoms with van der Waals surface area (Å²) in [6, 6.07) is 7.52. The summed E-state index contributed by atoms with van der Waals surface area (Å²) in [5, 5.41) is 0. The van der Waals surface area contributed by atoms with Gasteiger partial charge >= 0.3 is 0 Å². The van der Waals surface area contributed by atoms with Gasteiger partial charge in [0.1, 0.15) is 0 Å². The highest BCUT2D eigenvalue weighted by atomic mass is 32.2. The van der Waals surface area contributed by atoms with Crippen LogP contribution in [0.5, 0.6) is 0 Å². The van der Waals surface area contributed by atoms with Crippen LogP contribution in [0.25, 0.3) is 0 Å². The summed E-state index contributed by atoms with van der Waals surface area (Å²) in [6.07, 6.45) is 3.47. The number of benzene rings is 1. The van der Waals surface area contributed by atoms with Crippen molar-refractivity contribution >= 4 is 15.7 Å². The van der Waals surface area contributed by atoms with Crippen molar-refractivity contribution in [3.8, 4) is 0 Å². The first kappa shape index (κ1) is 14.9. The van der Waals surface area contributed by atoms with Crippen molar-refractivity contribution in [2.75, 3.05) is 10.5 Å². The van der Waals surface area contributed by atoms with Gasteiger partial charge in [-0.25, -0.2) is 8.42 Å². The quantitative estimate of drug-likeness (QED) is 0.919. The van der Waals surface area contributed by atoms with Gasteiger partial charge in [0.15, 0.2) is 0 Å². The van der Waals surface area contributed by atoms with Crippen molar-refractivity contribution < 1.29 is 8.42 Å². The van der Waals surface area contributed by atoms with Crippen molar-refractivity contribution in [1.29, 1.82) is 0 Å². The van der Waals surface area contributed by atoms with E-state index in [1.807, 2.05) is 31.2 Å². The first-order valence-electron chi connectivity index (χ1n) is 7.85. The summed E-state index contributed by atoms with van der Waals surface area (Å²) in [4.78, 5) is 0. The lowest BCUT2D eigenvalue weighted by Gasteiger charge is -2.60. The molecule has 0 amide bonds. The third-order valence-corrected chi connectivity index (χ3v) is 7.17. The van der Waals surface area contributed by atoms with Crippen LogP contribution in [0.3, 0.4) is 0 Å². The zero-order chi connectivity index (χ0) is 15.3. The van der Waals surface area contributed by atoms with E-state index in [1.165, 1.54) is 12.8 Å². The highest BCUT2D eigenvalue weighted by Crippen LogP contribution is 2.61. The molecular formula is C17H25NO2S. The van der Waals surface area contributed by atoms with Gasteiger partial charge in [-0.3, -0.25) is 4.72 Å². The van der Waals surface area contributed by atoms with E-state index >= 15 is 0 Å². The summed E-state index contributed by atoms with van der Waals surface area (Å²) >= 11 is 0. The third kappa shape index (κ3) is 2.83. The number of nitrogens with one attached hydrogen (secondary N) is 1. The molecule has 116 valence electrons. The first-order valence-corrected chi connectivity index (χ1v) is 9.50. The summed E-state index contributed by atoms with van der Waals surface area (Å²) < 4.78 is 27.6. The topological polar surface area (TPSA) is 46.2 Å². The van der Waals surface area contributed by atoms with Crippen LogP contribution in [0.4, 0.5) is 5.69 Å². The lowest BCUT2D eigenvalue weighted by Crippen LogP contribution is -2.53. The average Bonchev–Trinajstić information content (AvgIpc) is 2.40. The molecule has 0 radical (unpaired) electrons. The Morgan fingerprint density at radius 1 is 1.19 bits per heavy atom. The van der Waals surface area contributed by atoms with Gasteiger partial charge in [0.05, 0.1) is 5.75 Å². The predicted octanol–water partition coefficient (Wildman–Crippen LogP) is 3.81. The number of aryl methyl sites for hydroxylation is 1. The molecule has 2 bridgehead atoms. The monoisotopic (exact) mass is 307 g/mol. The van der Waals surface area contributed by atoms with Crippen LogP contribution < -0.4 is 4.72 Å². The fourth-order valence-electron chi connectivity index (χ4n) is 4.29. The fourth-order valence-corrected chi connectivity index (χ4v) is 5.83. The van der Waals surface area contributed by atoms with Crippen molar-refractivity contribution in [1.82, 2.24) is 0 Å². The molecule has 0 aromatic heterocycles. The van der Waals surface area contributed by atoms with Crippen molar-refractivity contribution in [2.24, 2.45) is 23.2 Å². The third-order valence-electron chi connectivity index (χ3n) is 5.76. The van der Waals surface area contributed by atoms with Crippen LogP contribution in [-0.4, -0.2) is 14.2 Å². The maximum atomic E-state index is 12.4. The van der Waals surface area contributed by atoms with Crippen LogP contribution >= 0.6 is 0 Å². The van der Waals surface area contributed by atoms with Gasteiger partial charge in [-0.05, 0) is 61.5 Å². The average molecular weight is 307 g/mol. The Bertz CT molecular complexity index is 617. The Kier molecular flexibility index (Phi) is 3.55. The van der Waals surface area contributed by atoms with Gasteiger partial charge in [-0.2, -0.15) is 0 Å². The maximum absolute atomic E-state index is 12.4. The molecule has 3 saturated carbocycles. The van der Waals surface area contributed by atoms with Gasteiger partial charge in [0.25, 0.3) is 0 Å². The highest BCUT2D eigenvalue weighted by molar-refractivity contribution is 7.92. The predicted molar refractivity (Wildman–Crippen MR) is 86.7 cm³/mol. The molecule has 1 aromatic carbocycles. The SMILES string of the molecule is Cc1ccc(NS(=O)(=O)C[C@H]2CC[C@H]3C[C@@H]2C3(C)C)cc1. The van der Waals surface area contributed by atoms with E-state index in [0.29, 0.717) is 22.9 Å². The van der Waals surface area contributed by atoms with Gasteiger partial charge < -0.3 is 0 Å². The smallest absolute Gasteiger partial charge is 0.233 e. The zero-order valence-electron chi connectivity index (χ0n) is 13.1. The number of hydrogen-bond donors (Lipinski definition) is 1. The van der Waals surface area contributed by atoms with Crippen LogP contribution in [0.1, 0.15) is 38.7 Å². The molecule has 4 rings (SSSR count). The molecule has 0 aliphatic heterocycles. The Hall–Kier alpha value is -1.03. The summed E-state index contributed by atoms with van der Waals surface area (Å²) in [5.74, 6) is 1.96. The minimum atomic E-state index is -3.26. The van der Waals surface area contributed by atoms with Gasteiger partial charge in [-0.15, -0.1) is 0 Å². The van der Waals surface area contributed by atoms with E-state index in [1.54, 1.807) is 0 Å². The van der Waals surface area contributed by atoms with Crippen LogP contribution in [0.2, 0.25) is 0 Å². The number of sulfonamides is 1. The number of hydrogen-bond acceptors (Lipinski definition) is 2. The van der Waals surface area contributed by atoms with Crippen LogP contribution in [0, 0.1) is 30.1 Å². The molecule has 3 aliphatic carbocycles. The molecule has 3 fully saturated rings. The zero-order valence-corrected chi connectivity index (χ0v) is 13.9. The molecule has 3 aliphatic rings. The van der Waals surface area contributed by atoms with Crippen molar-refractivity contribution in [3.63, 3.8) is 0 Å². The van der Waals surface area contributed by atoms with Gasteiger partial charge in [-0.1, -0.05) is 31.5 Å². The first-order chi connectivity index (χ1) is 9.78. The minimum absolute atomic E-state index is 0.266. The Balaban J connectivity index is 1.67. The summed E-state index contributed by atoms with van der Waals surface area (Å²) in [6.45, 7) is 6.60. The van der Waals surface area contributed by atoms with E-state index in [4.69, 9.17) is 0 Å². The maximum Gasteiger partial charge on any atom is 0.233 e. The Morgan fingerprint density at radius 2 is 1.86 bits per heavy atom. The summed E-state index contributed by atoms with van der Waals surface area (Å²) in [7, 11) is -3.26. The number of fused-ring (bicyclic) bond motifs is 2. The summed E-state index contributed by atoms with van der Waals surface area (Å²) in [5.41, 5.74) is 2.14. The standard InChI is InChI=1S/C17H25NO2S/c1-12-4-8-15(9-5-12)18-21(19,20)11-13-6-7-14-10-16(13)17(14,2)3/h4-5,8-9,13-14,16,18H,6-7,10-11H2,1-3H3/t13-,14+,16+/m1/s1. The molecule has 0 spiro atoms. The minimum Gasteiger partial charge on any atom is -0.284 e. The van der Waals surface area contributed by atoms with Gasteiger partial charge in [0, 0.05) is 5.69 Å². The highest BCUT2D eigenvalue weighted by Gasteiger charge is 2.54. The van der Waals surface area contributed by atoms with Crippen molar-refractivity contribution in [3.05, 3.63) is 29.8 Å². The Labute approximate surface area is 128 Å². The Morgan fingerprint density at radius 3 is 2.43 bits per heavy atom. The molecule has 21 heavy (non-hydrogen) atoms. The number of rotatable bonds is 4. The number of anilines is 1. The second-order valence-corrected chi connectivity index (χ2v) is 9.21. The molecule has 3 nitrogen and oxygen atoms in total. The normalized spacial score (nSPS) is 30.5. The molecule has 4 heteroatoms. The van der Waals surface area contributed by atoms with E-state index in [2.05, 4.69) is 18.6 Å². The molecule has 0 unspecified atom stereocenters. The van der Waals surface area contributed by atoms with E-state index in [9.17, 15) is 8.42 Å². The van der Waals surface area contributed by atoms with Gasteiger partial charge in [0.2, 0.25) is 10.0 Å². The van der Waals surface area contributed by atoms with Crippen LogP contribution in [-0.2, 0) is 10.0 Å². The van der Waals surface area contributed by atoms with Crippen molar-refractivity contribution in [2.45, 2.75) is 40.0 Å². The molecule has 0 heterocycles. The van der Waals surface area contributed by atoms with Crippen LogP contribution in [0.15, 0.2) is 24.3 Å². The second-order valence-electron chi connectivity index (χ2n) is 7.45. The lowest BCUT2D eigenvalue weighted by atomic mass is 9.46. The molecular weight excluding hydrogens is 282 g/mol. The second kappa shape index (κ2) is 5.01. The lowest BCUT2D eigenvalue weighted by molar-refractivity contribution is -0.0977. The molecule has 0 saturated heterocycles.